The second-order valence-electron chi connectivity index (χ2n) is 12.5. The molecule has 0 atom stereocenters. The monoisotopic (exact) mass is 643 g/mol. The molecule has 1 aliphatic rings. The van der Waals surface area contributed by atoms with E-state index in [-0.39, 0.29) is 0 Å². The summed E-state index contributed by atoms with van der Waals surface area (Å²) in [5.74, 6) is 1.80. The van der Waals surface area contributed by atoms with E-state index in [2.05, 4.69) is 175 Å². The van der Waals surface area contributed by atoms with Gasteiger partial charge in [-0.05, 0) is 93.9 Å². The Labute approximate surface area is 288 Å². The molecular weight excluding hydrogens is 615 g/mol. The summed E-state index contributed by atoms with van der Waals surface area (Å²) in [7, 11) is 0. The maximum Gasteiger partial charge on any atom is 0.135 e. The first-order chi connectivity index (χ1) is 24.3. The topological polar surface area (TPSA) is 12.5 Å². The molecule has 10 rings (SSSR count). The lowest BCUT2D eigenvalue weighted by atomic mass is 9.89. The summed E-state index contributed by atoms with van der Waals surface area (Å²) in [6.07, 6.45) is 0. The van der Waals surface area contributed by atoms with Gasteiger partial charge in [-0.2, -0.15) is 0 Å². The van der Waals surface area contributed by atoms with E-state index in [4.69, 9.17) is 4.74 Å². The summed E-state index contributed by atoms with van der Waals surface area (Å²) < 4.78 is 9.20. The van der Waals surface area contributed by atoms with Crippen LogP contribution >= 0.6 is 11.3 Å². The number of nitrogens with zero attached hydrogens (tertiary/aromatic N) is 1. The maximum atomic E-state index is 6.59. The van der Waals surface area contributed by atoms with Crippen molar-refractivity contribution in [3.8, 4) is 44.9 Å². The van der Waals surface area contributed by atoms with Gasteiger partial charge >= 0.3 is 0 Å². The van der Waals surface area contributed by atoms with Crippen molar-refractivity contribution in [2.24, 2.45) is 0 Å². The van der Waals surface area contributed by atoms with Gasteiger partial charge in [0.05, 0.1) is 0 Å². The Bertz CT molecular complexity index is 2680. The van der Waals surface area contributed by atoms with Gasteiger partial charge in [-0.3, -0.25) is 0 Å². The quantitative estimate of drug-likeness (QED) is 0.185. The van der Waals surface area contributed by atoms with Crippen molar-refractivity contribution >= 4 is 59.3 Å². The number of thiophene rings is 1. The number of anilines is 3. The van der Waals surface area contributed by atoms with Crippen LogP contribution in [0.15, 0.2) is 176 Å². The lowest BCUT2D eigenvalue weighted by molar-refractivity contribution is 0.487. The van der Waals surface area contributed by atoms with Crippen LogP contribution in [0.3, 0.4) is 0 Å². The van der Waals surface area contributed by atoms with Crippen LogP contribution in [0.25, 0.3) is 64.3 Å². The zero-order chi connectivity index (χ0) is 32.3. The highest BCUT2D eigenvalue weighted by molar-refractivity contribution is 7.25. The summed E-state index contributed by atoms with van der Waals surface area (Å²) in [6, 6.07) is 63.1. The molecule has 0 N–H and O–H groups in total. The van der Waals surface area contributed by atoms with Crippen molar-refractivity contribution in [1.82, 2.24) is 0 Å². The highest BCUT2D eigenvalue weighted by Crippen LogP contribution is 2.50. The SMILES string of the molecule is c1ccc(-c2ccc3c(c2)Oc2ccc(-c4ccc(N(c5ccccc5)c5ccc6c(c5)sc5ccccc56)cc4)c4cccc-3c24)cc1. The summed E-state index contributed by atoms with van der Waals surface area (Å²) in [4.78, 5) is 2.35. The smallest absolute Gasteiger partial charge is 0.135 e. The van der Waals surface area contributed by atoms with E-state index >= 15 is 0 Å². The maximum absolute atomic E-state index is 6.59. The van der Waals surface area contributed by atoms with Gasteiger partial charge in [0.2, 0.25) is 0 Å². The van der Waals surface area contributed by atoms with Crippen LogP contribution in [0.1, 0.15) is 0 Å². The van der Waals surface area contributed by atoms with Crippen LogP contribution in [0.2, 0.25) is 0 Å². The third-order valence-electron chi connectivity index (χ3n) is 9.67. The van der Waals surface area contributed by atoms with Gasteiger partial charge < -0.3 is 9.64 Å². The minimum atomic E-state index is 0.897. The largest absolute Gasteiger partial charge is 0.456 e. The molecule has 0 bridgehead atoms. The number of para-hydroxylation sites is 1. The highest BCUT2D eigenvalue weighted by Gasteiger charge is 2.22. The van der Waals surface area contributed by atoms with Crippen LogP contribution in [0.5, 0.6) is 11.5 Å². The van der Waals surface area contributed by atoms with E-state index in [0.717, 1.165) is 45.1 Å². The van der Waals surface area contributed by atoms with Crippen LogP contribution in [0, 0.1) is 0 Å². The standard InChI is InChI=1S/C46H29NOS/c1-3-10-30(11-4-1)32-20-24-37-41-16-9-15-40-36(26-27-42(46(40)41)48-43(37)28-32)31-18-21-34(22-19-31)47(33-12-5-2-6-13-33)35-23-25-39-38-14-7-8-17-44(38)49-45(39)29-35/h1-29H. The van der Waals surface area contributed by atoms with E-state index in [1.54, 1.807) is 0 Å². The van der Waals surface area contributed by atoms with Gasteiger partial charge in [0.1, 0.15) is 11.5 Å². The van der Waals surface area contributed by atoms with E-state index < -0.39 is 0 Å². The average Bonchev–Trinajstić information content (AvgIpc) is 3.54. The Morgan fingerprint density at radius 3 is 1.90 bits per heavy atom. The molecule has 3 heteroatoms. The molecule has 1 aromatic heterocycles. The molecule has 0 fully saturated rings. The molecule has 0 saturated carbocycles. The summed E-state index contributed by atoms with van der Waals surface area (Å²) >= 11 is 1.85. The second kappa shape index (κ2) is 11.2. The molecule has 0 amide bonds. The van der Waals surface area contributed by atoms with Crippen LogP contribution in [-0.4, -0.2) is 0 Å². The number of hydrogen-bond acceptors (Lipinski definition) is 3. The van der Waals surface area contributed by atoms with Crippen molar-refractivity contribution < 1.29 is 4.74 Å². The summed E-state index contributed by atoms with van der Waals surface area (Å²) in [6.45, 7) is 0. The van der Waals surface area contributed by atoms with E-state index in [9.17, 15) is 0 Å². The normalized spacial score (nSPS) is 11.8. The fourth-order valence-corrected chi connectivity index (χ4v) is 8.50. The fraction of sp³-hybridized carbons (Fsp3) is 0. The molecule has 8 aromatic carbocycles. The van der Waals surface area contributed by atoms with Crippen LogP contribution < -0.4 is 9.64 Å². The third kappa shape index (κ3) is 4.62. The third-order valence-corrected chi connectivity index (χ3v) is 10.8. The number of ether oxygens (including phenoxy) is 1. The molecule has 0 saturated heterocycles. The fourth-order valence-electron chi connectivity index (χ4n) is 7.36. The number of benzene rings is 8. The van der Waals surface area contributed by atoms with Gasteiger partial charge in [-0.25, -0.2) is 0 Å². The van der Waals surface area contributed by atoms with Crippen LogP contribution in [0.4, 0.5) is 17.1 Å². The predicted molar refractivity (Wildman–Crippen MR) is 208 cm³/mol. The Morgan fingerprint density at radius 1 is 0.367 bits per heavy atom. The van der Waals surface area contributed by atoms with Crippen molar-refractivity contribution in [1.29, 1.82) is 0 Å². The number of rotatable bonds is 5. The average molecular weight is 644 g/mol. The molecule has 2 heterocycles. The van der Waals surface area contributed by atoms with E-state index in [1.165, 1.54) is 47.8 Å². The summed E-state index contributed by atoms with van der Waals surface area (Å²) in [5, 5.41) is 4.97. The van der Waals surface area contributed by atoms with Crippen molar-refractivity contribution in [2.75, 3.05) is 4.90 Å². The molecule has 9 aromatic rings. The molecule has 1 aliphatic heterocycles. The molecule has 49 heavy (non-hydrogen) atoms. The van der Waals surface area contributed by atoms with Gasteiger partial charge in [0.15, 0.2) is 0 Å². The Hall–Kier alpha value is -6.16. The molecular formula is C46H29NOS. The second-order valence-corrected chi connectivity index (χ2v) is 13.6. The van der Waals surface area contributed by atoms with Gasteiger partial charge in [-0.1, -0.05) is 115 Å². The first-order valence-corrected chi connectivity index (χ1v) is 17.4. The molecule has 0 spiro atoms. The van der Waals surface area contributed by atoms with Gasteiger partial charge in [0, 0.05) is 48.2 Å². The Morgan fingerprint density at radius 2 is 1.04 bits per heavy atom. The van der Waals surface area contributed by atoms with E-state index in [0.29, 0.717) is 0 Å². The van der Waals surface area contributed by atoms with Crippen molar-refractivity contribution in [3.63, 3.8) is 0 Å². The lowest BCUT2D eigenvalue weighted by Crippen LogP contribution is -2.09. The summed E-state index contributed by atoms with van der Waals surface area (Å²) in [5.41, 5.74) is 10.4. The zero-order valence-corrected chi connectivity index (χ0v) is 27.3. The van der Waals surface area contributed by atoms with Gasteiger partial charge in [-0.15, -0.1) is 11.3 Å². The van der Waals surface area contributed by atoms with E-state index in [1.807, 2.05) is 17.4 Å². The Balaban J connectivity index is 1.05. The lowest BCUT2D eigenvalue weighted by Gasteiger charge is -2.26. The molecule has 2 nitrogen and oxygen atoms in total. The molecule has 230 valence electrons. The molecule has 0 unspecified atom stereocenters. The minimum Gasteiger partial charge on any atom is -0.456 e. The van der Waals surface area contributed by atoms with Crippen LogP contribution in [-0.2, 0) is 0 Å². The minimum absolute atomic E-state index is 0.897. The number of fused-ring (bicyclic) bond motifs is 5. The predicted octanol–water partition coefficient (Wildman–Crippen LogP) is 13.8. The highest BCUT2D eigenvalue weighted by atomic mass is 32.1. The first kappa shape index (κ1) is 27.9. The number of hydrogen-bond donors (Lipinski definition) is 0. The first-order valence-electron chi connectivity index (χ1n) is 16.6. The molecule has 0 radical (unpaired) electrons. The molecule has 0 aliphatic carbocycles. The van der Waals surface area contributed by atoms with Gasteiger partial charge in [0.25, 0.3) is 0 Å². The zero-order valence-electron chi connectivity index (χ0n) is 26.5. The van der Waals surface area contributed by atoms with Crippen molar-refractivity contribution in [3.05, 3.63) is 176 Å². The Kier molecular flexibility index (Phi) is 6.39. The van der Waals surface area contributed by atoms with Crippen molar-refractivity contribution in [2.45, 2.75) is 0 Å².